The summed E-state index contributed by atoms with van der Waals surface area (Å²) >= 11 is 0. The van der Waals surface area contributed by atoms with Crippen LogP contribution in [0.3, 0.4) is 0 Å². The van der Waals surface area contributed by atoms with Crippen molar-refractivity contribution in [2.75, 3.05) is 0 Å². The molecular weight excluding hydrogens is 392 g/mol. The zero-order valence-corrected chi connectivity index (χ0v) is 18.3. The third-order valence-electron chi connectivity index (χ3n) is 6.94. The fourth-order valence-electron chi connectivity index (χ4n) is 5.33. The highest BCUT2D eigenvalue weighted by molar-refractivity contribution is 6.08. The molecule has 0 amide bonds. The zero-order chi connectivity index (χ0) is 21.5. The highest BCUT2D eigenvalue weighted by Crippen LogP contribution is 2.38. The van der Waals surface area contributed by atoms with E-state index in [-0.39, 0.29) is 0 Å². The van der Waals surface area contributed by atoms with Gasteiger partial charge < -0.3 is 4.42 Å². The van der Waals surface area contributed by atoms with Gasteiger partial charge in [0.1, 0.15) is 5.58 Å². The average Bonchev–Trinajstić information content (AvgIpc) is 3.49. The van der Waals surface area contributed by atoms with Gasteiger partial charge in [0.2, 0.25) is 5.71 Å². The molecule has 0 saturated heterocycles. The summed E-state index contributed by atoms with van der Waals surface area (Å²) in [6.45, 7) is 2.81. The van der Waals surface area contributed by atoms with Crippen molar-refractivity contribution in [3.63, 3.8) is 0 Å². The van der Waals surface area contributed by atoms with Gasteiger partial charge in [-0.25, -0.2) is 4.98 Å². The fraction of sp³-hybridized carbons (Fsp3) is 0.241. The molecule has 2 aromatic carbocycles. The van der Waals surface area contributed by atoms with Crippen LogP contribution in [0.5, 0.6) is 0 Å². The van der Waals surface area contributed by atoms with E-state index in [9.17, 15) is 0 Å². The molecule has 158 valence electrons. The minimum absolute atomic E-state index is 0.632. The summed E-state index contributed by atoms with van der Waals surface area (Å²) in [5.74, 6) is 0.703. The van der Waals surface area contributed by atoms with Crippen molar-refractivity contribution in [2.24, 2.45) is 4.99 Å². The number of allylic oxidation sites excluding steroid dienone is 4. The lowest BCUT2D eigenvalue weighted by Gasteiger charge is -2.13. The Kier molecular flexibility index (Phi) is 4.75. The first kappa shape index (κ1) is 19.2. The predicted molar refractivity (Wildman–Crippen MR) is 133 cm³/mol. The van der Waals surface area contributed by atoms with E-state index < -0.39 is 0 Å². The lowest BCUT2D eigenvalue weighted by molar-refractivity contribution is 0.652. The van der Waals surface area contributed by atoms with Crippen molar-refractivity contribution >= 4 is 39.4 Å². The molecule has 32 heavy (non-hydrogen) atoms. The number of aliphatic imine (C=N–C) groups is 1. The number of rotatable bonds is 2. The molecule has 0 atom stereocenters. The largest absolute Gasteiger partial charge is 0.437 e. The van der Waals surface area contributed by atoms with E-state index in [1.54, 1.807) is 6.20 Å². The Morgan fingerprint density at radius 2 is 1.88 bits per heavy atom. The van der Waals surface area contributed by atoms with Gasteiger partial charge in [-0.15, -0.1) is 0 Å². The van der Waals surface area contributed by atoms with E-state index in [0.29, 0.717) is 18.2 Å². The van der Waals surface area contributed by atoms with Crippen LogP contribution < -0.4 is 0 Å². The second-order valence-electron chi connectivity index (χ2n) is 8.98. The highest BCUT2D eigenvalue weighted by Gasteiger charge is 2.19. The lowest BCUT2D eigenvalue weighted by atomic mass is 9.92. The first-order valence-electron chi connectivity index (χ1n) is 11.6. The number of hydrogen-bond donors (Lipinski definition) is 0. The predicted octanol–water partition coefficient (Wildman–Crippen LogP) is 7.71. The van der Waals surface area contributed by atoms with Crippen LogP contribution in [0.15, 0.2) is 76.3 Å². The summed E-state index contributed by atoms with van der Waals surface area (Å²) < 4.78 is 6.26. The second kappa shape index (κ2) is 7.90. The minimum atomic E-state index is 0.632. The van der Waals surface area contributed by atoms with Gasteiger partial charge in [-0.3, -0.25) is 4.99 Å². The Bertz CT molecular complexity index is 1410. The summed E-state index contributed by atoms with van der Waals surface area (Å²) in [6.07, 6.45) is 13.5. The average molecular weight is 419 g/mol. The summed E-state index contributed by atoms with van der Waals surface area (Å²) in [7, 11) is 0. The first-order chi connectivity index (χ1) is 15.8. The maximum atomic E-state index is 6.26. The van der Waals surface area contributed by atoms with Crippen LogP contribution in [0, 0.1) is 0 Å². The topological polar surface area (TPSA) is 38.4 Å². The molecule has 3 nitrogen and oxygen atoms in total. The van der Waals surface area contributed by atoms with Crippen LogP contribution in [0.1, 0.15) is 60.8 Å². The molecule has 0 N–H and O–H groups in total. The molecule has 1 aliphatic heterocycles. The van der Waals surface area contributed by atoms with Gasteiger partial charge in [-0.1, -0.05) is 55.3 Å². The third-order valence-corrected chi connectivity index (χ3v) is 6.94. The summed E-state index contributed by atoms with van der Waals surface area (Å²) in [4.78, 5) is 9.15. The van der Waals surface area contributed by atoms with Gasteiger partial charge in [0, 0.05) is 28.7 Å². The molecule has 1 saturated carbocycles. The summed E-state index contributed by atoms with van der Waals surface area (Å²) in [5.41, 5.74) is 9.00. The quantitative estimate of drug-likeness (QED) is 0.334. The molecule has 0 unspecified atom stereocenters. The van der Waals surface area contributed by atoms with Gasteiger partial charge in [0.15, 0.2) is 0 Å². The van der Waals surface area contributed by atoms with Crippen molar-refractivity contribution in [3.8, 4) is 0 Å². The van der Waals surface area contributed by atoms with Crippen molar-refractivity contribution in [1.82, 2.24) is 4.98 Å². The molecule has 4 aromatic rings. The van der Waals surface area contributed by atoms with E-state index in [4.69, 9.17) is 9.41 Å². The molecule has 3 heteroatoms. The van der Waals surface area contributed by atoms with Crippen LogP contribution in [0.2, 0.25) is 0 Å². The van der Waals surface area contributed by atoms with Crippen molar-refractivity contribution < 1.29 is 4.42 Å². The van der Waals surface area contributed by atoms with Crippen LogP contribution in [0.25, 0.3) is 33.2 Å². The number of furan rings is 1. The van der Waals surface area contributed by atoms with Crippen molar-refractivity contribution in [2.45, 2.75) is 45.1 Å². The maximum Gasteiger partial charge on any atom is 0.227 e. The molecule has 1 fully saturated rings. The number of pyridine rings is 1. The number of fused-ring (bicyclic) bond motifs is 5. The molecule has 0 spiro atoms. The smallest absolute Gasteiger partial charge is 0.227 e. The molecular formula is C29H26N2O. The van der Waals surface area contributed by atoms with Crippen LogP contribution in [-0.4, -0.2) is 11.2 Å². The van der Waals surface area contributed by atoms with Gasteiger partial charge in [-0.2, -0.15) is 0 Å². The van der Waals surface area contributed by atoms with Crippen molar-refractivity contribution in [3.05, 3.63) is 89.1 Å². The maximum absolute atomic E-state index is 6.26. The van der Waals surface area contributed by atoms with Crippen molar-refractivity contribution in [1.29, 1.82) is 0 Å². The normalized spacial score (nSPS) is 20.3. The van der Waals surface area contributed by atoms with E-state index in [0.717, 1.165) is 21.9 Å². The summed E-state index contributed by atoms with van der Waals surface area (Å²) in [5, 5.41) is 2.16. The Morgan fingerprint density at radius 3 is 2.78 bits per heavy atom. The molecule has 3 heterocycles. The van der Waals surface area contributed by atoms with Gasteiger partial charge in [0.05, 0.1) is 6.54 Å². The third kappa shape index (κ3) is 3.29. The standard InChI is InChI=1S/C29H26N2O/c1-19-16-23(22-9-4-8-21(17-22)20-6-2-3-7-20)13-15-30-18-24-11-12-25-26-10-5-14-31-29(26)32-28(25)27(19)24/h4-5,8-17,20H,2-3,6-7,18H2,1H3/b19-16+,23-13+,30-15?. The molecule has 6 rings (SSSR count). The van der Waals surface area contributed by atoms with Gasteiger partial charge >= 0.3 is 0 Å². The molecule has 2 aliphatic rings. The van der Waals surface area contributed by atoms with E-state index >= 15 is 0 Å². The Morgan fingerprint density at radius 1 is 0.969 bits per heavy atom. The first-order valence-corrected chi connectivity index (χ1v) is 11.6. The van der Waals surface area contributed by atoms with Gasteiger partial charge in [-0.05, 0) is 71.7 Å². The van der Waals surface area contributed by atoms with Crippen LogP contribution >= 0.6 is 0 Å². The molecule has 2 aromatic heterocycles. The molecule has 1 aliphatic carbocycles. The zero-order valence-electron chi connectivity index (χ0n) is 18.3. The summed E-state index contributed by atoms with van der Waals surface area (Å²) in [6, 6.07) is 17.4. The number of benzene rings is 2. The Hall–Kier alpha value is -3.46. The van der Waals surface area contributed by atoms with E-state index in [1.807, 2.05) is 12.3 Å². The monoisotopic (exact) mass is 418 g/mol. The fourth-order valence-corrected chi connectivity index (χ4v) is 5.33. The van der Waals surface area contributed by atoms with E-state index in [2.05, 4.69) is 66.5 Å². The minimum Gasteiger partial charge on any atom is -0.437 e. The van der Waals surface area contributed by atoms with E-state index in [1.165, 1.54) is 53.5 Å². The Labute approximate surface area is 188 Å². The number of aromatic nitrogens is 1. The highest BCUT2D eigenvalue weighted by atomic mass is 16.3. The van der Waals surface area contributed by atoms with Crippen LogP contribution in [-0.2, 0) is 6.54 Å². The second-order valence-corrected chi connectivity index (χ2v) is 8.98. The number of hydrogen-bond acceptors (Lipinski definition) is 3. The SMILES string of the molecule is C/C1=C\C(c2cccc(C3CCCC3)c2)=C/C=NCc2ccc3c(oc4ncccc43)c21. The molecule has 0 bridgehead atoms. The Balaban J connectivity index is 1.49. The molecule has 0 radical (unpaired) electrons. The van der Waals surface area contributed by atoms with Crippen LogP contribution in [0.4, 0.5) is 0 Å². The number of nitrogens with zero attached hydrogens (tertiary/aromatic N) is 2. The lowest BCUT2D eigenvalue weighted by Crippen LogP contribution is -1.94. The van der Waals surface area contributed by atoms with Gasteiger partial charge in [0.25, 0.3) is 0 Å².